The van der Waals surface area contributed by atoms with Crippen LogP contribution in [-0.2, 0) is 12.8 Å². The number of carboxylic acids is 1. The summed E-state index contributed by atoms with van der Waals surface area (Å²) >= 11 is 0. The van der Waals surface area contributed by atoms with Gasteiger partial charge in [-0.1, -0.05) is 52.4 Å². The summed E-state index contributed by atoms with van der Waals surface area (Å²) in [6, 6.07) is 1.73. The first kappa shape index (κ1) is 16.8. The van der Waals surface area contributed by atoms with Crippen molar-refractivity contribution in [1.82, 2.24) is 0 Å². The van der Waals surface area contributed by atoms with Crippen molar-refractivity contribution in [2.24, 2.45) is 0 Å². The molecule has 0 saturated carbocycles. The maximum atomic E-state index is 11.0. The van der Waals surface area contributed by atoms with Gasteiger partial charge in [-0.15, -0.1) is 0 Å². The molecule has 1 aromatic rings. The Kier molecular flexibility index (Phi) is 8.08. The third-order valence-corrected chi connectivity index (χ3v) is 3.66. The molecule has 0 atom stereocenters. The van der Waals surface area contributed by atoms with E-state index in [0.29, 0.717) is 0 Å². The molecule has 3 heteroatoms. The third kappa shape index (κ3) is 5.81. The summed E-state index contributed by atoms with van der Waals surface area (Å²) in [7, 11) is 0. The van der Waals surface area contributed by atoms with Crippen molar-refractivity contribution in [3.8, 4) is 0 Å². The Bertz CT molecular complexity index is 363. The summed E-state index contributed by atoms with van der Waals surface area (Å²) in [4.78, 5) is 11.0. The summed E-state index contributed by atoms with van der Waals surface area (Å²) in [5.74, 6) is 0.0376. The molecule has 114 valence electrons. The predicted molar refractivity (Wildman–Crippen MR) is 81.4 cm³/mol. The van der Waals surface area contributed by atoms with Gasteiger partial charge in [0.2, 0.25) is 5.76 Å². The minimum absolute atomic E-state index is 0.0981. The van der Waals surface area contributed by atoms with Crippen molar-refractivity contribution in [2.75, 3.05) is 0 Å². The number of aromatic carboxylic acids is 1. The van der Waals surface area contributed by atoms with E-state index < -0.39 is 5.97 Å². The Hall–Kier alpha value is -1.25. The molecule has 0 bridgehead atoms. The van der Waals surface area contributed by atoms with Gasteiger partial charge in [0.1, 0.15) is 5.76 Å². The van der Waals surface area contributed by atoms with E-state index in [1.165, 1.54) is 38.5 Å². The first-order chi connectivity index (χ1) is 9.69. The van der Waals surface area contributed by atoms with Crippen molar-refractivity contribution in [3.63, 3.8) is 0 Å². The smallest absolute Gasteiger partial charge is 0.371 e. The van der Waals surface area contributed by atoms with Crippen LogP contribution in [0.2, 0.25) is 0 Å². The molecule has 1 N–H and O–H groups in total. The van der Waals surface area contributed by atoms with Crippen molar-refractivity contribution in [3.05, 3.63) is 23.2 Å². The van der Waals surface area contributed by atoms with Gasteiger partial charge in [0.15, 0.2) is 0 Å². The second-order valence-electron chi connectivity index (χ2n) is 5.49. The Labute approximate surface area is 122 Å². The monoisotopic (exact) mass is 280 g/mol. The molecule has 1 heterocycles. The summed E-state index contributed by atoms with van der Waals surface area (Å²) < 4.78 is 5.51. The number of carbonyl (C=O) groups is 1. The van der Waals surface area contributed by atoms with Gasteiger partial charge in [0.25, 0.3) is 0 Å². The molecule has 1 aromatic heterocycles. The molecule has 0 amide bonds. The molecular weight excluding hydrogens is 252 g/mol. The average Bonchev–Trinajstić information content (AvgIpc) is 2.83. The van der Waals surface area contributed by atoms with Crippen molar-refractivity contribution in [1.29, 1.82) is 0 Å². The zero-order valence-electron chi connectivity index (χ0n) is 12.9. The highest BCUT2D eigenvalue weighted by Gasteiger charge is 2.15. The lowest BCUT2D eigenvalue weighted by atomic mass is 10.0. The highest BCUT2D eigenvalue weighted by molar-refractivity contribution is 5.84. The maximum absolute atomic E-state index is 11.0. The van der Waals surface area contributed by atoms with Gasteiger partial charge in [0.05, 0.1) is 0 Å². The number of rotatable bonds is 11. The van der Waals surface area contributed by atoms with Crippen LogP contribution in [-0.4, -0.2) is 11.1 Å². The Morgan fingerprint density at radius 1 is 1.00 bits per heavy atom. The van der Waals surface area contributed by atoms with Gasteiger partial charge in [-0.2, -0.15) is 0 Å². The SMILES string of the molecule is CCCCCCc1cc(C(=O)O)oc1CCCCCC. The lowest BCUT2D eigenvalue weighted by molar-refractivity contribution is 0.0660. The lowest BCUT2D eigenvalue weighted by Gasteiger charge is -2.02. The summed E-state index contributed by atoms with van der Waals surface area (Å²) in [5, 5.41) is 9.05. The van der Waals surface area contributed by atoms with Crippen LogP contribution < -0.4 is 0 Å². The number of unbranched alkanes of at least 4 members (excludes halogenated alkanes) is 6. The molecule has 0 aromatic carbocycles. The fourth-order valence-corrected chi connectivity index (χ4v) is 2.45. The number of hydrogen-bond acceptors (Lipinski definition) is 2. The fraction of sp³-hybridized carbons (Fsp3) is 0.706. The molecule has 20 heavy (non-hydrogen) atoms. The van der Waals surface area contributed by atoms with Crippen LogP contribution in [0.3, 0.4) is 0 Å². The molecule has 0 aliphatic carbocycles. The topological polar surface area (TPSA) is 50.4 Å². The second kappa shape index (κ2) is 9.62. The zero-order valence-corrected chi connectivity index (χ0v) is 12.9. The molecule has 0 spiro atoms. The number of hydrogen-bond donors (Lipinski definition) is 1. The van der Waals surface area contributed by atoms with Gasteiger partial charge in [-0.25, -0.2) is 4.79 Å². The van der Waals surface area contributed by atoms with E-state index in [2.05, 4.69) is 13.8 Å². The largest absolute Gasteiger partial charge is 0.475 e. The molecule has 3 nitrogen and oxygen atoms in total. The summed E-state index contributed by atoms with van der Waals surface area (Å²) in [6.45, 7) is 4.38. The van der Waals surface area contributed by atoms with Crippen LogP contribution in [0.25, 0.3) is 0 Å². The van der Waals surface area contributed by atoms with Crippen molar-refractivity contribution < 1.29 is 14.3 Å². The molecule has 0 fully saturated rings. The highest BCUT2D eigenvalue weighted by atomic mass is 16.4. The van der Waals surface area contributed by atoms with E-state index in [9.17, 15) is 4.79 Å². The van der Waals surface area contributed by atoms with Crippen LogP contribution in [0.15, 0.2) is 10.5 Å². The fourth-order valence-electron chi connectivity index (χ4n) is 2.45. The van der Waals surface area contributed by atoms with E-state index >= 15 is 0 Å². The Morgan fingerprint density at radius 2 is 1.60 bits per heavy atom. The van der Waals surface area contributed by atoms with Crippen LogP contribution in [0.1, 0.15) is 87.1 Å². The van der Waals surface area contributed by atoms with E-state index in [0.717, 1.165) is 37.0 Å². The van der Waals surface area contributed by atoms with E-state index in [4.69, 9.17) is 9.52 Å². The first-order valence-electron chi connectivity index (χ1n) is 8.03. The molecule has 1 rings (SSSR count). The molecular formula is C17H28O3. The molecule has 0 aliphatic heterocycles. The quantitative estimate of drug-likeness (QED) is 0.565. The van der Waals surface area contributed by atoms with E-state index in [-0.39, 0.29) is 5.76 Å². The van der Waals surface area contributed by atoms with Crippen LogP contribution in [0, 0.1) is 0 Å². The van der Waals surface area contributed by atoms with Gasteiger partial charge >= 0.3 is 5.97 Å². The van der Waals surface area contributed by atoms with Gasteiger partial charge in [-0.3, -0.25) is 0 Å². The number of furan rings is 1. The average molecular weight is 280 g/mol. The second-order valence-corrected chi connectivity index (χ2v) is 5.49. The summed E-state index contributed by atoms with van der Waals surface area (Å²) in [5.41, 5.74) is 1.11. The maximum Gasteiger partial charge on any atom is 0.371 e. The van der Waals surface area contributed by atoms with E-state index in [1.807, 2.05) is 0 Å². The number of carboxylic acid groups (broad SMARTS) is 1. The molecule has 0 unspecified atom stereocenters. The van der Waals surface area contributed by atoms with Crippen LogP contribution >= 0.6 is 0 Å². The minimum atomic E-state index is -0.959. The highest BCUT2D eigenvalue weighted by Crippen LogP contribution is 2.21. The van der Waals surface area contributed by atoms with E-state index in [1.54, 1.807) is 6.07 Å². The van der Waals surface area contributed by atoms with Crippen LogP contribution in [0.4, 0.5) is 0 Å². The lowest BCUT2D eigenvalue weighted by Crippen LogP contribution is -1.92. The Balaban J connectivity index is 2.56. The van der Waals surface area contributed by atoms with Crippen molar-refractivity contribution >= 4 is 5.97 Å². The first-order valence-corrected chi connectivity index (χ1v) is 8.03. The molecule has 0 radical (unpaired) electrons. The summed E-state index contributed by atoms with van der Waals surface area (Å²) in [6.07, 6.45) is 11.3. The van der Waals surface area contributed by atoms with Gasteiger partial charge < -0.3 is 9.52 Å². The standard InChI is InChI=1S/C17H28O3/c1-3-5-7-9-11-14-13-16(17(18)19)20-15(14)12-10-8-6-4-2/h13H,3-12H2,1-2H3,(H,18,19). The molecule has 0 aliphatic rings. The molecule has 0 saturated heterocycles. The Morgan fingerprint density at radius 3 is 2.15 bits per heavy atom. The third-order valence-electron chi connectivity index (χ3n) is 3.66. The van der Waals surface area contributed by atoms with Gasteiger partial charge in [-0.05, 0) is 30.9 Å². The zero-order chi connectivity index (χ0) is 14.8. The van der Waals surface area contributed by atoms with Crippen molar-refractivity contribution in [2.45, 2.75) is 78.1 Å². The van der Waals surface area contributed by atoms with Gasteiger partial charge in [0, 0.05) is 6.42 Å². The van der Waals surface area contributed by atoms with Crippen LogP contribution in [0.5, 0.6) is 0 Å². The number of aryl methyl sites for hydroxylation is 2. The minimum Gasteiger partial charge on any atom is -0.475 e. The normalized spacial score (nSPS) is 10.9. The predicted octanol–water partition coefficient (Wildman–Crippen LogP) is 5.22.